The Kier molecular flexibility index (Phi) is 4.71. The van der Waals surface area contributed by atoms with E-state index in [9.17, 15) is 10.1 Å². The van der Waals surface area contributed by atoms with Gasteiger partial charge in [-0.2, -0.15) is 0 Å². The van der Waals surface area contributed by atoms with E-state index in [0.29, 0.717) is 5.82 Å². The first-order valence-corrected chi connectivity index (χ1v) is 6.94. The number of rotatable bonds is 5. The Balaban J connectivity index is 2.28. The second kappa shape index (κ2) is 6.51. The zero-order valence-electron chi connectivity index (χ0n) is 11.2. The summed E-state index contributed by atoms with van der Waals surface area (Å²) in [4.78, 5) is 14.7. The van der Waals surface area contributed by atoms with Gasteiger partial charge in [0.1, 0.15) is 5.82 Å². The van der Waals surface area contributed by atoms with Crippen molar-refractivity contribution in [3.63, 3.8) is 0 Å². The van der Waals surface area contributed by atoms with E-state index in [1.54, 1.807) is 0 Å². The van der Waals surface area contributed by atoms with Gasteiger partial charge in [-0.05, 0) is 30.7 Å². The molecule has 21 heavy (non-hydrogen) atoms. The van der Waals surface area contributed by atoms with Gasteiger partial charge in [0.25, 0.3) is 0 Å². The van der Waals surface area contributed by atoms with E-state index in [1.807, 2.05) is 31.2 Å². The van der Waals surface area contributed by atoms with E-state index in [4.69, 9.17) is 5.84 Å². The molecular weight excluding hydrogens is 338 g/mol. The third-order valence-electron chi connectivity index (χ3n) is 2.94. The van der Waals surface area contributed by atoms with Crippen molar-refractivity contribution >= 4 is 33.3 Å². The molecule has 0 aliphatic heterocycles. The summed E-state index contributed by atoms with van der Waals surface area (Å²) in [7, 11) is 0. The highest BCUT2D eigenvalue weighted by molar-refractivity contribution is 9.10. The van der Waals surface area contributed by atoms with Crippen molar-refractivity contribution in [3.8, 4) is 0 Å². The minimum Gasteiger partial charge on any atom is -0.358 e. The number of aromatic nitrogens is 1. The molecule has 0 aliphatic carbocycles. The molecule has 1 unspecified atom stereocenters. The molecule has 0 radical (unpaired) electrons. The van der Waals surface area contributed by atoms with Gasteiger partial charge in [-0.25, -0.2) is 10.8 Å². The number of hydrogen-bond acceptors (Lipinski definition) is 6. The second-order valence-corrected chi connectivity index (χ2v) is 5.30. The normalized spacial score (nSPS) is 11.8. The van der Waals surface area contributed by atoms with Crippen molar-refractivity contribution in [2.24, 2.45) is 5.84 Å². The summed E-state index contributed by atoms with van der Waals surface area (Å²) in [6.07, 6.45) is 0. The highest BCUT2D eigenvalue weighted by Crippen LogP contribution is 2.28. The standard InChI is InChI=1S/C13H14BrN5O2/c1-8(9-2-4-10(14)5-3-9)16-13-11(19(20)21)6-7-12(17-13)18-15/h2-8H,15H2,1H3,(H2,16,17,18). The fraction of sp³-hybridized carbons (Fsp3) is 0.154. The lowest BCUT2D eigenvalue weighted by Crippen LogP contribution is -2.13. The molecule has 8 heteroatoms. The quantitative estimate of drug-likeness (QED) is 0.433. The summed E-state index contributed by atoms with van der Waals surface area (Å²) in [6, 6.07) is 10.3. The third kappa shape index (κ3) is 3.67. The summed E-state index contributed by atoms with van der Waals surface area (Å²) in [6.45, 7) is 1.90. The number of nitrogens with two attached hydrogens (primary N) is 1. The second-order valence-electron chi connectivity index (χ2n) is 4.38. The van der Waals surface area contributed by atoms with E-state index in [-0.39, 0.29) is 17.5 Å². The predicted molar refractivity (Wildman–Crippen MR) is 84.9 cm³/mol. The summed E-state index contributed by atoms with van der Waals surface area (Å²) in [5, 5.41) is 14.1. The summed E-state index contributed by atoms with van der Waals surface area (Å²) >= 11 is 3.37. The van der Waals surface area contributed by atoms with Crippen LogP contribution in [0.5, 0.6) is 0 Å². The number of nitrogen functional groups attached to an aromatic ring is 1. The smallest absolute Gasteiger partial charge is 0.311 e. The maximum atomic E-state index is 11.1. The van der Waals surface area contributed by atoms with Gasteiger partial charge in [-0.15, -0.1) is 0 Å². The van der Waals surface area contributed by atoms with Gasteiger partial charge in [-0.1, -0.05) is 28.1 Å². The van der Waals surface area contributed by atoms with Crippen molar-refractivity contribution in [2.75, 3.05) is 10.7 Å². The first kappa shape index (κ1) is 15.2. The number of pyridine rings is 1. The first-order chi connectivity index (χ1) is 10.0. The van der Waals surface area contributed by atoms with Crippen molar-refractivity contribution in [3.05, 3.63) is 56.5 Å². The molecule has 0 saturated carbocycles. The maximum Gasteiger partial charge on any atom is 0.311 e. The van der Waals surface area contributed by atoms with Crippen LogP contribution < -0.4 is 16.6 Å². The van der Waals surface area contributed by atoms with Crippen LogP contribution in [0.4, 0.5) is 17.3 Å². The molecule has 0 amide bonds. The minimum absolute atomic E-state index is 0.0991. The largest absolute Gasteiger partial charge is 0.358 e. The van der Waals surface area contributed by atoms with Crippen LogP contribution in [0.3, 0.4) is 0 Å². The van der Waals surface area contributed by atoms with Crippen molar-refractivity contribution < 1.29 is 4.92 Å². The van der Waals surface area contributed by atoms with Crippen LogP contribution in [0.15, 0.2) is 40.9 Å². The Morgan fingerprint density at radius 1 is 1.29 bits per heavy atom. The van der Waals surface area contributed by atoms with Crippen LogP contribution >= 0.6 is 15.9 Å². The Morgan fingerprint density at radius 3 is 2.52 bits per heavy atom. The third-order valence-corrected chi connectivity index (χ3v) is 3.47. The number of halogens is 1. The molecule has 0 bridgehead atoms. The van der Waals surface area contributed by atoms with Crippen LogP contribution in [0.25, 0.3) is 0 Å². The Morgan fingerprint density at radius 2 is 1.95 bits per heavy atom. The Hall–Kier alpha value is -2.19. The molecule has 2 aromatic rings. The zero-order chi connectivity index (χ0) is 15.4. The van der Waals surface area contributed by atoms with Crippen LogP contribution in [0.1, 0.15) is 18.5 Å². The zero-order valence-corrected chi connectivity index (χ0v) is 12.8. The van der Waals surface area contributed by atoms with Crippen LogP contribution in [0, 0.1) is 10.1 Å². The summed E-state index contributed by atoms with van der Waals surface area (Å²) in [5.74, 6) is 5.81. The lowest BCUT2D eigenvalue weighted by atomic mass is 10.1. The Labute approximate surface area is 129 Å². The average molecular weight is 352 g/mol. The van der Waals surface area contributed by atoms with E-state index in [1.165, 1.54) is 12.1 Å². The molecule has 0 aliphatic rings. The minimum atomic E-state index is -0.482. The highest BCUT2D eigenvalue weighted by atomic mass is 79.9. The van der Waals surface area contributed by atoms with Crippen molar-refractivity contribution in [2.45, 2.75) is 13.0 Å². The van der Waals surface area contributed by atoms with Gasteiger partial charge >= 0.3 is 5.69 Å². The molecule has 0 saturated heterocycles. The molecule has 0 fully saturated rings. The van der Waals surface area contributed by atoms with Gasteiger partial charge in [0.15, 0.2) is 0 Å². The molecule has 1 heterocycles. The number of nitrogens with zero attached hydrogens (tertiary/aromatic N) is 2. The predicted octanol–water partition coefficient (Wildman–Crippen LogP) is 3.21. The monoisotopic (exact) mass is 351 g/mol. The number of nitrogens with one attached hydrogen (secondary N) is 2. The number of nitro groups is 1. The van der Waals surface area contributed by atoms with E-state index < -0.39 is 4.92 Å². The molecule has 110 valence electrons. The first-order valence-electron chi connectivity index (χ1n) is 6.15. The molecule has 1 aromatic heterocycles. The van der Waals surface area contributed by atoms with Gasteiger partial charge < -0.3 is 10.7 Å². The van der Waals surface area contributed by atoms with Gasteiger partial charge in [-0.3, -0.25) is 10.1 Å². The lowest BCUT2D eigenvalue weighted by molar-refractivity contribution is -0.384. The lowest BCUT2D eigenvalue weighted by Gasteiger charge is -2.15. The van der Waals surface area contributed by atoms with Gasteiger partial charge in [0, 0.05) is 10.5 Å². The van der Waals surface area contributed by atoms with Gasteiger partial charge in [0.05, 0.1) is 11.0 Å². The fourth-order valence-corrected chi connectivity index (χ4v) is 2.09. The molecule has 7 nitrogen and oxygen atoms in total. The number of benzene rings is 1. The van der Waals surface area contributed by atoms with Crippen molar-refractivity contribution in [1.29, 1.82) is 0 Å². The summed E-state index contributed by atoms with van der Waals surface area (Å²) in [5.41, 5.74) is 3.26. The van der Waals surface area contributed by atoms with Crippen LogP contribution in [-0.2, 0) is 0 Å². The molecule has 1 atom stereocenters. The molecule has 1 aromatic carbocycles. The van der Waals surface area contributed by atoms with E-state index in [2.05, 4.69) is 31.7 Å². The fourth-order valence-electron chi connectivity index (χ4n) is 1.83. The molecule has 0 spiro atoms. The maximum absolute atomic E-state index is 11.1. The number of anilines is 2. The van der Waals surface area contributed by atoms with Crippen LogP contribution in [-0.4, -0.2) is 9.91 Å². The van der Waals surface area contributed by atoms with Gasteiger partial charge in [0.2, 0.25) is 5.82 Å². The molecule has 2 rings (SSSR count). The molecule has 4 N–H and O–H groups in total. The Bertz CT molecular complexity index is 648. The SMILES string of the molecule is CC(Nc1nc(NN)ccc1[N+](=O)[O-])c1ccc(Br)cc1. The van der Waals surface area contributed by atoms with Crippen LogP contribution in [0.2, 0.25) is 0 Å². The van der Waals surface area contributed by atoms with Crippen molar-refractivity contribution in [1.82, 2.24) is 4.98 Å². The average Bonchev–Trinajstić information content (AvgIpc) is 2.47. The number of hydrazine groups is 1. The topological polar surface area (TPSA) is 106 Å². The van der Waals surface area contributed by atoms with E-state index in [0.717, 1.165) is 10.0 Å². The number of hydrogen-bond donors (Lipinski definition) is 3. The van der Waals surface area contributed by atoms with E-state index >= 15 is 0 Å². The molecular formula is C13H14BrN5O2. The highest BCUT2D eigenvalue weighted by Gasteiger charge is 2.18. The summed E-state index contributed by atoms with van der Waals surface area (Å²) < 4.78 is 0.969.